The monoisotopic (exact) mass is 293 g/mol. The topological polar surface area (TPSA) is 61.5 Å². The number of anilines is 1. The average molecular weight is 294 g/mol. The van der Waals surface area contributed by atoms with Gasteiger partial charge in [0, 0.05) is 5.69 Å². The highest BCUT2D eigenvalue weighted by atomic mass is 35.5. The standard InChI is InChI=1S/C15H15NO3.ClH/c1-18-15(17)10-19-14-8-4-12(5-9-14)11-2-6-13(16)7-3-11;/h2-9H,10,16H2,1H3;1H. The molecule has 0 fully saturated rings. The summed E-state index contributed by atoms with van der Waals surface area (Å²) in [4.78, 5) is 10.9. The largest absolute Gasteiger partial charge is 0.482 e. The summed E-state index contributed by atoms with van der Waals surface area (Å²) < 4.78 is 9.77. The molecule has 0 radical (unpaired) electrons. The molecule has 2 aromatic carbocycles. The fraction of sp³-hybridized carbons (Fsp3) is 0.133. The second-order valence-corrected chi connectivity index (χ2v) is 4.01. The molecule has 20 heavy (non-hydrogen) atoms. The van der Waals surface area contributed by atoms with Crippen LogP contribution < -0.4 is 10.5 Å². The Balaban J connectivity index is 0.00000200. The number of hydrogen-bond donors (Lipinski definition) is 1. The SMILES string of the molecule is COC(=O)COc1ccc(-c2ccc(N)cc2)cc1.Cl. The van der Waals surface area contributed by atoms with Crippen molar-refractivity contribution in [2.45, 2.75) is 0 Å². The van der Waals surface area contributed by atoms with E-state index in [1.165, 1.54) is 7.11 Å². The summed E-state index contributed by atoms with van der Waals surface area (Å²) in [5.41, 5.74) is 8.52. The zero-order chi connectivity index (χ0) is 13.7. The Morgan fingerprint density at radius 2 is 1.50 bits per heavy atom. The highest BCUT2D eigenvalue weighted by Gasteiger charge is 2.02. The minimum absolute atomic E-state index is 0. The van der Waals surface area contributed by atoms with Crippen LogP contribution in [0.1, 0.15) is 0 Å². The Morgan fingerprint density at radius 1 is 1.00 bits per heavy atom. The predicted octanol–water partition coefficient (Wildman–Crippen LogP) is 2.91. The molecule has 0 aliphatic rings. The Morgan fingerprint density at radius 3 is 2.00 bits per heavy atom. The molecule has 0 bridgehead atoms. The third-order valence-corrected chi connectivity index (χ3v) is 2.68. The number of nitrogen functional groups attached to an aromatic ring is 1. The highest BCUT2D eigenvalue weighted by Crippen LogP contribution is 2.23. The first-order chi connectivity index (χ1) is 9.19. The van der Waals surface area contributed by atoms with Crippen LogP contribution in [0.15, 0.2) is 48.5 Å². The van der Waals surface area contributed by atoms with Crippen LogP contribution in [-0.2, 0) is 9.53 Å². The van der Waals surface area contributed by atoms with Crippen molar-refractivity contribution in [1.82, 2.24) is 0 Å². The summed E-state index contributed by atoms with van der Waals surface area (Å²) in [6.07, 6.45) is 0. The number of halogens is 1. The van der Waals surface area contributed by atoms with Crippen molar-refractivity contribution >= 4 is 24.1 Å². The van der Waals surface area contributed by atoms with Gasteiger partial charge in [0.2, 0.25) is 0 Å². The van der Waals surface area contributed by atoms with Crippen molar-refractivity contribution in [3.63, 3.8) is 0 Å². The van der Waals surface area contributed by atoms with Crippen LogP contribution in [0.3, 0.4) is 0 Å². The van der Waals surface area contributed by atoms with Crippen molar-refractivity contribution in [1.29, 1.82) is 0 Å². The van der Waals surface area contributed by atoms with Crippen molar-refractivity contribution in [3.8, 4) is 16.9 Å². The fourth-order valence-electron chi connectivity index (χ4n) is 1.62. The Kier molecular flexibility index (Phi) is 5.87. The summed E-state index contributed by atoms with van der Waals surface area (Å²) in [5.74, 6) is 0.229. The van der Waals surface area contributed by atoms with Crippen LogP contribution in [0.2, 0.25) is 0 Å². The molecule has 0 aliphatic carbocycles. The Labute approximate surface area is 123 Å². The summed E-state index contributed by atoms with van der Waals surface area (Å²) >= 11 is 0. The van der Waals surface area contributed by atoms with E-state index in [9.17, 15) is 4.79 Å². The van der Waals surface area contributed by atoms with Gasteiger partial charge in [0.25, 0.3) is 0 Å². The fourth-order valence-corrected chi connectivity index (χ4v) is 1.62. The molecule has 0 atom stereocenters. The van der Waals surface area contributed by atoms with Crippen LogP contribution in [0, 0.1) is 0 Å². The Hall–Kier alpha value is -2.20. The van der Waals surface area contributed by atoms with Gasteiger partial charge in [0.05, 0.1) is 7.11 Å². The lowest BCUT2D eigenvalue weighted by molar-refractivity contribution is -0.142. The lowest BCUT2D eigenvalue weighted by Crippen LogP contribution is -2.12. The lowest BCUT2D eigenvalue weighted by Gasteiger charge is -2.06. The van der Waals surface area contributed by atoms with Crippen molar-refractivity contribution < 1.29 is 14.3 Å². The number of nitrogens with two attached hydrogens (primary N) is 1. The highest BCUT2D eigenvalue weighted by molar-refractivity contribution is 5.85. The number of carbonyl (C=O) groups excluding carboxylic acids is 1. The van der Waals surface area contributed by atoms with Gasteiger partial charge in [-0.15, -0.1) is 12.4 Å². The van der Waals surface area contributed by atoms with E-state index in [1.54, 1.807) is 0 Å². The molecule has 0 heterocycles. The zero-order valence-electron chi connectivity index (χ0n) is 11.0. The van der Waals surface area contributed by atoms with Crippen molar-refractivity contribution in [2.75, 3.05) is 19.5 Å². The van der Waals surface area contributed by atoms with Crippen LogP contribution in [0.25, 0.3) is 11.1 Å². The van der Waals surface area contributed by atoms with Gasteiger partial charge >= 0.3 is 5.97 Å². The Bertz CT molecular complexity index is 552. The van der Waals surface area contributed by atoms with E-state index in [0.717, 1.165) is 16.8 Å². The summed E-state index contributed by atoms with van der Waals surface area (Å²) in [6.45, 7) is -0.0856. The van der Waals surface area contributed by atoms with Gasteiger partial charge in [0.15, 0.2) is 6.61 Å². The maximum Gasteiger partial charge on any atom is 0.343 e. The molecule has 0 unspecified atom stereocenters. The summed E-state index contributed by atoms with van der Waals surface area (Å²) in [5, 5.41) is 0. The van der Waals surface area contributed by atoms with Gasteiger partial charge in [-0.05, 0) is 35.4 Å². The van der Waals surface area contributed by atoms with E-state index in [4.69, 9.17) is 10.5 Å². The molecule has 5 heteroatoms. The molecule has 106 valence electrons. The van der Waals surface area contributed by atoms with Crippen molar-refractivity contribution in [2.24, 2.45) is 0 Å². The second-order valence-electron chi connectivity index (χ2n) is 4.01. The van der Waals surface area contributed by atoms with Crippen LogP contribution in [0.5, 0.6) is 5.75 Å². The van der Waals surface area contributed by atoms with Gasteiger partial charge in [-0.1, -0.05) is 24.3 Å². The molecular formula is C15H16ClNO3. The minimum atomic E-state index is -0.400. The summed E-state index contributed by atoms with van der Waals surface area (Å²) in [6, 6.07) is 15.1. The quantitative estimate of drug-likeness (QED) is 0.695. The first kappa shape index (κ1) is 15.9. The van der Waals surface area contributed by atoms with Crippen LogP contribution in [-0.4, -0.2) is 19.7 Å². The lowest BCUT2D eigenvalue weighted by atomic mass is 10.1. The third-order valence-electron chi connectivity index (χ3n) is 2.68. The maximum absolute atomic E-state index is 10.9. The normalized spacial score (nSPS) is 9.45. The van der Waals surface area contributed by atoms with E-state index in [1.807, 2.05) is 48.5 Å². The van der Waals surface area contributed by atoms with E-state index in [-0.39, 0.29) is 19.0 Å². The number of methoxy groups -OCH3 is 1. The van der Waals surface area contributed by atoms with Crippen LogP contribution in [0.4, 0.5) is 5.69 Å². The van der Waals surface area contributed by atoms with E-state index in [2.05, 4.69) is 4.74 Å². The molecular weight excluding hydrogens is 278 g/mol. The number of benzene rings is 2. The number of hydrogen-bond acceptors (Lipinski definition) is 4. The molecule has 0 saturated carbocycles. The predicted molar refractivity (Wildman–Crippen MR) is 81.0 cm³/mol. The molecule has 2 aromatic rings. The molecule has 0 saturated heterocycles. The molecule has 0 amide bonds. The zero-order valence-corrected chi connectivity index (χ0v) is 11.9. The van der Waals surface area contributed by atoms with Gasteiger partial charge in [0.1, 0.15) is 5.75 Å². The van der Waals surface area contributed by atoms with E-state index >= 15 is 0 Å². The van der Waals surface area contributed by atoms with Crippen molar-refractivity contribution in [3.05, 3.63) is 48.5 Å². The van der Waals surface area contributed by atoms with Gasteiger partial charge in [-0.25, -0.2) is 4.79 Å². The van der Waals surface area contributed by atoms with Gasteiger partial charge in [-0.3, -0.25) is 0 Å². The van der Waals surface area contributed by atoms with Gasteiger partial charge < -0.3 is 15.2 Å². The number of ether oxygens (including phenoxy) is 2. The molecule has 2 N–H and O–H groups in total. The number of carbonyl (C=O) groups is 1. The first-order valence-electron chi connectivity index (χ1n) is 5.84. The maximum atomic E-state index is 10.9. The van der Waals surface area contributed by atoms with Crippen LogP contribution >= 0.6 is 12.4 Å². The van der Waals surface area contributed by atoms with E-state index < -0.39 is 5.97 Å². The third kappa shape index (κ3) is 4.17. The number of rotatable bonds is 4. The molecule has 0 spiro atoms. The second kappa shape index (κ2) is 7.40. The molecule has 0 aromatic heterocycles. The molecule has 0 aliphatic heterocycles. The first-order valence-corrected chi connectivity index (χ1v) is 5.84. The minimum Gasteiger partial charge on any atom is -0.482 e. The summed E-state index contributed by atoms with van der Waals surface area (Å²) in [7, 11) is 1.33. The smallest absolute Gasteiger partial charge is 0.343 e. The number of esters is 1. The van der Waals surface area contributed by atoms with Gasteiger partial charge in [-0.2, -0.15) is 0 Å². The molecule has 2 rings (SSSR count). The van der Waals surface area contributed by atoms with E-state index in [0.29, 0.717) is 5.75 Å². The molecule has 4 nitrogen and oxygen atoms in total. The average Bonchev–Trinajstić information content (AvgIpc) is 2.46.